The fourth-order valence-corrected chi connectivity index (χ4v) is 0.477. The van der Waals surface area contributed by atoms with Crippen molar-refractivity contribution in [3.63, 3.8) is 0 Å². The Morgan fingerprint density at radius 3 is 2.00 bits per heavy atom. The van der Waals surface area contributed by atoms with Gasteiger partial charge in [0.2, 0.25) is 0 Å². The van der Waals surface area contributed by atoms with Crippen LogP contribution in [0.3, 0.4) is 0 Å². The molecule has 0 aliphatic heterocycles. The second-order valence-corrected chi connectivity index (χ2v) is 2.35. The molecular formula is C4H8NaO4P. The first-order valence-electron chi connectivity index (χ1n) is 2.24. The monoisotopic (exact) mass is 174 g/mol. The Kier molecular flexibility index (Phi) is 7.93. The second kappa shape index (κ2) is 6.10. The first-order valence-corrected chi connectivity index (χ1v) is 2.91. The van der Waals surface area contributed by atoms with E-state index >= 15 is 0 Å². The van der Waals surface area contributed by atoms with Crippen molar-refractivity contribution in [2.45, 2.75) is 12.1 Å². The van der Waals surface area contributed by atoms with Crippen LogP contribution in [0.4, 0.5) is 0 Å². The molecule has 0 amide bonds. The van der Waals surface area contributed by atoms with Crippen LogP contribution in [-0.2, 0) is 9.59 Å². The predicted octanol–water partition coefficient (Wildman–Crippen LogP) is -3.09. The molecule has 4 nitrogen and oxygen atoms in total. The summed E-state index contributed by atoms with van der Waals surface area (Å²) < 4.78 is 0. The molecule has 0 rings (SSSR count). The molecule has 0 saturated carbocycles. The van der Waals surface area contributed by atoms with E-state index in [2.05, 4.69) is 0 Å². The van der Waals surface area contributed by atoms with Crippen molar-refractivity contribution in [3.05, 3.63) is 0 Å². The molecule has 54 valence electrons. The molecule has 0 saturated heterocycles. The zero-order chi connectivity index (χ0) is 7.44. The Morgan fingerprint density at radius 2 is 1.90 bits per heavy atom. The average Bonchev–Trinajstić information content (AvgIpc) is 1.63. The summed E-state index contributed by atoms with van der Waals surface area (Å²) in [6.45, 7) is 0. The Labute approximate surface area is 84.0 Å². The van der Waals surface area contributed by atoms with Crippen LogP contribution in [0.1, 0.15) is 7.85 Å². The van der Waals surface area contributed by atoms with Crippen LogP contribution < -0.4 is 29.6 Å². The van der Waals surface area contributed by atoms with Crippen LogP contribution in [0.15, 0.2) is 0 Å². The van der Waals surface area contributed by atoms with Crippen LogP contribution in [0.5, 0.6) is 0 Å². The van der Waals surface area contributed by atoms with Crippen molar-refractivity contribution in [1.29, 1.82) is 0 Å². The van der Waals surface area contributed by atoms with Gasteiger partial charge in [0.05, 0.1) is 12.1 Å². The van der Waals surface area contributed by atoms with E-state index in [4.69, 9.17) is 10.2 Å². The number of hydrogen-bond donors (Lipinski definition) is 2. The van der Waals surface area contributed by atoms with Crippen molar-refractivity contribution in [1.82, 2.24) is 0 Å². The van der Waals surface area contributed by atoms with Gasteiger partial charge in [0, 0.05) is 0 Å². The maximum atomic E-state index is 9.95. The molecule has 0 aromatic heterocycles. The number of carbonyl (C=O) groups is 2. The summed E-state index contributed by atoms with van der Waals surface area (Å²) in [5.74, 6) is -2.21. The van der Waals surface area contributed by atoms with Gasteiger partial charge in [-0.3, -0.25) is 9.59 Å². The average molecular weight is 174 g/mol. The summed E-state index contributed by atoms with van der Waals surface area (Å²) in [5, 5.41) is 16.2. The maximum absolute atomic E-state index is 9.95. The summed E-state index contributed by atoms with van der Waals surface area (Å²) in [5.41, 5.74) is -0.873. The minimum absolute atomic E-state index is 0. The molecule has 0 aromatic carbocycles. The van der Waals surface area contributed by atoms with Crippen molar-refractivity contribution in [2.75, 3.05) is 0 Å². The first-order chi connectivity index (χ1) is 4.04. The number of aliphatic carboxylic acids is 2. The summed E-state index contributed by atoms with van der Waals surface area (Å²) in [6.07, 6.45) is -0.347. The molecule has 0 spiro atoms. The smallest absolute Gasteiger partial charge is 1.00 e. The minimum atomic E-state index is -1.11. The van der Waals surface area contributed by atoms with Crippen molar-refractivity contribution >= 4 is 21.2 Å². The topological polar surface area (TPSA) is 74.6 Å². The molecule has 2 unspecified atom stereocenters. The van der Waals surface area contributed by atoms with Crippen LogP contribution in [0.25, 0.3) is 0 Å². The van der Waals surface area contributed by atoms with E-state index in [0.29, 0.717) is 0 Å². The molecule has 0 fully saturated rings. The summed E-state index contributed by atoms with van der Waals surface area (Å²) in [6, 6.07) is 0. The molecular weight excluding hydrogens is 166 g/mol. The Hall–Kier alpha value is 0.370. The maximum Gasteiger partial charge on any atom is 1.00 e. The van der Waals surface area contributed by atoms with Gasteiger partial charge in [-0.05, 0) is 0 Å². The zero-order valence-corrected chi connectivity index (χ0v) is 8.73. The molecule has 0 heterocycles. The molecule has 0 aliphatic rings. The van der Waals surface area contributed by atoms with E-state index in [1.165, 1.54) is 0 Å². The fraction of sp³-hybridized carbons (Fsp3) is 0.500. The largest absolute Gasteiger partial charge is 1.00 e. The SMILES string of the molecule is O=C(O)CC(P)C(=O)O.[H-].[Na+]. The van der Waals surface area contributed by atoms with Gasteiger partial charge >= 0.3 is 41.5 Å². The van der Waals surface area contributed by atoms with E-state index in [-0.39, 0.29) is 37.4 Å². The van der Waals surface area contributed by atoms with E-state index in [1.807, 2.05) is 9.24 Å². The third-order valence-electron chi connectivity index (χ3n) is 0.712. The Morgan fingerprint density at radius 1 is 1.50 bits per heavy atom. The Balaban J connectivity index is -0.000000320. The molecule has 0 aliphatic carbocycles. The van der Waals surface area contributed by atoms with Crippen LogP contribution in [0.2, 0.25) is 0 Å². The van der Waals surface area contributed by atoms with Gasteiger partial charge in [-0.25, -0.2) is 0 Å². The fourth-order valence-electron chi connectivity index (χ4n) is 0.275. The predicted molar refractivity (Wildman–Crippen MR) is 34.5 cm³/mol. The number of rotatable bonds is 3. The summed E-state index contributed by atoms with van der Waals surface area (Å²) in [7, 11) is 1.94. The van der Waals surface area contributed by atoms with Crippen LogP contribution in [0, 0.1) is 0 Å². The Bertz CT molecular complexity index is 142. The van der Waals surface area contributed by atoms with Crippen molar-refractivity contribution in [3.8, 4) is 0 Å². The van der Waals surface area contributed by atoms with Gasteiger partial charge in [0.25, 0.3) is 0 Å². The van der Waals surface area contributed by atoms with Crippen LogP contribution >= 0.6 is 9.24 Å². The van der Waals surface area contributed by atoms with Gasteiger partial charge in [-0.2, -0.15) is 0 Å². The standard InChI is InChI=1S/C4H7O4P.Na.H/c5-3(6)1-2(9)4(7)8;;/h2H,1,9H2,(H,5,6)(H,7,8);;/q;+1;-1. The van der Waals surface area contributed by atoms with Crippen LogP contribution in [-0.4, -0.2) is 27.8 Å². The van der Waals surface area contributed by atoms with Crippen molar-refractivity contribution < 1.29 is 50.8 Å². The molecule has 0 bridgehead atoms. The summed E-state index contributed by atoms with van der Waals surface area (Å²) in [4.78, 5) is 19.8. The number of carboxylic acid groups (broad SMARTS) is 2. The van der Waals surface area contributed by atoms with Gasteiger partial charge in [0.1, 0.15) is 0 Å². The van der Waals surface area contributed by atoms with Gasteiger partial charge in [-0.15, -0.1) is 9.24 Å². The van der Waals surface area contributed by atoms with Gasteiger partial charge < -0.3 is 11.6 Å². The quantitative estimate of drug-likeness (QED) is 0.351. The first kappa shape index (κ1) is 13.0. The van der Waals surface area contributed by atoms with Crippen molar-refractivity contribution in [2.24, 2.45) is 0 Å². The second-order valence-electron chi connectivity index (χ2n) is 1.54. The molecule has 0 aromatic rings. The van der Waals surface area contributed by atoms with E-state index < -0.39 is 17.6 Å². The normalized spacial score (nSPS) is 11.3. The third-order valence-corrected chi connectivity index (χ3v) is 1.23. The molecule has 0 radical (unpaired) electrons. The van der Waals surface area contributed by atoms with E-state index in [1.54, 1.807) is 0 Å². The zero-order valence-electron chi connectivity index (χ0n) is 6.57. The van der Waals surface area contributed by atoms with E-state index in [9.17, 15) is 9.59 Å². The molecule has 2 N–H and O–H groups in total. The van der Waals surface area contributed by atoms with E-state index in [0.717, 1.165) is 0 Å². The summed E-state index contributed by atoms with van der Waals surface area (Å²) >= 11 is 0. The molecule has 10 heavy (non-hydrogen) atoms. The number of hydrogen-bond acceptors (Lipinski definition) is 2. The molecule has 6 heteroatoms. The van der Waals surface area contributed by atoms with Gasteiger partial charge in [-0.1, -0.05) is 0 Å². The number of carboxylic acids is 2. The molecule has 2 atom stereocenters. The third kappa shape index (κ3) is 6.49. The van der Waals surface area contributed by atoms with Gasteiger partial charge in [0.15, 0.2) is 0 Å². The minimum Gasteiger partial charge on any atom is -1.00 e.